The first-order valence-corrected chi connectivity index (χ1v) is 6.55. The minimum absolute atomic E-state index is 0.555. The number of piperidine rings is 1. The third kappa shape index (κ3) is 4.40. The Balaban J connectivity index is 2.37. The maximum atomic E-state index is 5.32. The Kier molecular flexibility index (Phi) is 6.32. The van der Waals surface area contributed by atoms with Gasteiger partial charge < -0.3 is 15.0 Å². The van der Waals surface area contributed by atoms with Crippen molar-refractivity contribution >= 4 is 0 Å². The summed E-state index contributed by atoms with van der Waals surface area (Å²) >= 11 is 0. The number of hydrogen-bond acceptors (Lipinski definition) is 3. The van der Waals surface area contributed by atoms with Gasteiger partial charge in [0.05, 0.1) is 6.61 Å². The highest BCUT2D eigenvalue weighted by atomic mass is 16.5. The molecule has 96 valence electrons. The molecular formula is C13H28N2O. The molecule has 3 heteroatoms. The van der Waals surface area contributed by atoms with Gasteiger partial charge in [-0.25, -0.2) is 0 Å². The molecule has 0 bridgehead atoms. The van der Waals surface area contributed by atoms with Crippen LogP contribution in [0.1, 0.15) is 26.7 Å². The molecule has 0 radical (unpaired) electrons. The highest BCUT2D eigenvalue weighted by Crippen LogP contribution is 2.17. The zero-order chi connectivity index (χ0) is 12.0. The maximum Gasteiger partial charge on any atom is 0.0620 e. The Morgan fingerprint density at radius 2 is 1.94 bits per heavy atom. The lowest BCUT2D eigenvalue weighted by atomic mass is 9.95. The van der Waals surface area contributed by atoms with E-state index >= 15 is 0 Å². The summed E-state index contributed by atoms with van der Waals surface area (Å²) < 4.78 is 5.32. The molecule has 1 heterocycles. The maximum absolute atomic E-state index is 5.32. The molecule has 1 saturated heterocycles. The van der Waals surface area contributed by atoms with E-state index in [-0.39, 0.29) is 0 Å². The van der Waals surface area contributed by atoms with Crippen LogP contribution in [0.2, 0.25) is 0 Å². The van der Waals surface area contributed by atoms with Gasteiger partial charge in [-0.05, 0) is 44.8 Å². The molecule has 0 saturated carbocycles. The van der Waals surface area contributed by atoms with Crippen LogP contribution in [0, 0.1) is 11.8 Å². The van der Waals surface area contributed by atoms with E-state index in [2.05, 4.69) is 31.1 Å². The molecule has 0 aromatic rings. The summed E-state index contributed by atoms with van der Waals surface area (Å²) in [5.74, 6) is 1.52. The van der Waals surface area contributed by atoms with Crippen molar-refractivity contribution in [3.63, 3.8) is 0 Å². The van der Waals surface area contributed by atoms with E-state index in [0.29, 0.717) is 12.0 Å². The van der Waals surface area contributed by atoms with Gasteiger partial charge in [-0.3, -0.25) is 0 Å². The van der Waals surface area contributed by atoms with Crippen LogP contribution >= 0.6 is 0 Å². The number of ether oxygens (including phenoxy) is 1. The molecule has 1 N–H and O–H groups in total. The van der Waals surface area contributed by atoms with Gasteiger partial charge in [0.1, 0.15) is 0 Å². The summed E-state index contributed by atoms with van der Waals surface area (Å²) in [4.78, 5) is 2.49. The molecule has 0 aliphatic carbocycles. The number of methoxy groups -OCH3 is 1. The van der Waals surface area contributed by atoms with Crippen LogP contribution in [0.3, 0.4) is 0 Å². The fourth-order valence-corrected chi connectivity index (χ4v) is 2.61. The number of rotatable bonds is 6. The van der Waals surface area contributed by atoms with E-state index in [9.17, 15) is 0 Å². The van der Waals surface area contributed by atoms with Crippen molar-refractivity contribution in [1.29, 1.82) is 0 Å². The highest BCUT2D eigenvalue weighted by Gasteiger charge is 2.22. The summed E-state index contributed by atoms with van der Waals surface area (Å²) in [6.07, 6.45) is 2.64. The Bertz CT molecular complexity index is 179. The molecule has 1 fully saturated rings. The first-order chi connectivity index (χ1) is 7.65. The van der Waals surface area contributed by atoms with E-state index in [1.165, 1.54) is 32.5 Å². The van der Waals surface area contributed by atoms with Gasteiger partial charge in [0.2, 0.25) is 0 Å². The van der Waals surface area contributed by atoms with Crippen molar-refractivity contribution in [2.45, 2.75) is 32.7 Å². The summed E-state index contributed by atoms with van der Waals surface area (Å²) in [5, 5.41) is 3.42. The standard InChI is InChI=1S/C13H28N2O/c1-11(2)13(10-16-4)15(3)9-12-5-7-14-8-6-12/h11-14H,5-10H2,1-4H3. The monoisotopic (exact) mass is 228 g/mol. The van der Waals surface area contributed by atoms with Gasteiger partial charge in [-0.1, -0.05) is 13.8 Å². The smallest absolute Gasteiger partial charge is 0.0620 e. The second kappa shape index (κ2) is 7.25. The average Bonchev–Trinajstić information content (AvgIpc) is 2.26. The van der Waals surface area contributed by atoms with Gasteiger partial charge in [-0.2, -0.15) is 0 Å². The van der Waals surface area contributed by atoms with Crippen molar-refractivity contribution in [1.82, 2.24) is 10.2 Å². The third-order valence-electron chi connectivity index (χ3n) is 3.68. The second-order valence-electron chi connectivity index (χ2n) is 5.40. The lowest BCUT2D eigenvalue weighted by molar-refractivity contribution is 0.0675. The lowest BCUT2D eigenvalue weighted by Crippen LogP contribution is -2.43. The van der Waals surface area contributed by atoms with Crippen molar-refractivity contribution in [2.75, 3.05) is 40.4 Å². The topological polar surface area (TPSA) is 24.5 Å². The van der Waals surface area contributed by atoms with Crippen molar-refractivity contribution in [3.8, 4) is 0 Å². The van der Waals surface area contributed by atoms with E-state index in [0.717, 1.165) is 12.5 Å². The fourth-order valence-electron chi connectivity index (χ4n) is 2.61. The minimum atomic E-state index is 0.555. The van der Waals surface area contributed by atoms with E-state index < -0.39 is 0 Å². The lowest BCUT2D eigenvalue weighted by Gasteiger charge is -2.34. The first-order valence-electron chi connectivity index (χ1n) is 6.55. The normalized spacial score (nSPS) is 20.6. The quantitative estimate of drug-likeness (QED) is 0.747. The zero-order valence-electron chi connectivity index (χ0n) is 11.3. The van der Waals surface area contributed by atoms with Gasteiger partial charge in [-0.15, -0.1) is 0 Å². The molecule has 1 aliphatic heterocycles. The van der Waals surface area contributed by atoms with Crippen LogP contribution in [0.5, 0.6) is 0 Å². The molecule has 0 amide bonds. The molecule has 16 heavy (non-hydrogen) atoms. The van der Waals surface area contributed by atoms with Crippen LogP contribution in [-0.4, -0.2) is 51.3 Å². The molecule has 0 aromatic heterocycles. The number of nitrogens with one attached hydrogen (secondary N) is 1. The van der Waals surface area contributed by atoms with E-state index in [1.54, 1.807) is 7.11 Å². The predicted octanol–water partition coefficient (Wildman–Crippen LogP) is 1.59. The molecule has 1 unspecified atom stereocenters. The molecule has 1 rings (SSSR count). The van der Waals surface area contributed by atoms with Crippen LogP contribution in [-0.2, 0) is 4.74 Å². The Morgan fingerprint density at radius 3 is 2.44 bits per heavy atom. The highest BCUT2D eigenvalue weighted by molar-refractivity contribution is 4.77. The summed E-state index contributed by atoms with van der Waals surface area (Å²) in [6, 6.07) is 0.555. The largest absolute Gasteiger partial charge is 0.383 e. The van der Waals surface area contributed by atoms with Crippen LogP contribution in [0.15, 0.2) is 0 Å². The van der Waals surface area contributed by atoms with Gasteiger partial charge in [0, 0.05) is 19.7 Å². The van der Waals surface area contributed by atoms with E-state index in [1.807, 2.05) is 0 Å². The summed E-state index contributed by atoms with van der Waals surface area (Å²) in [7, 11) is 4.04. The molecule has 0 aromatic carbocycles. The Morgan fingerprint density at radius 1 is 1.31 bits per heavy atom. The Labute approximate surface area is 101 Å². The van der Waals surface area contributed by atoms with Gasteiger partial charge in [0.15, 0.2) is 0 Å². The van der Waals surface area contributed by atoms with Gasteiger partial charge in [0.25, 0.3) is 0 Å². The van der Waals surface area contributed by atoms with Crippen molar-refractivity contribution in [2.24, 2.45) is 11.8 Å². The zero-order valence-corrected chi connectivity index (χ0v) is 11.3. The number of likely N-dealkylation sites (N-methyl/N-ethyl adjacent to an activating group) is 1. The molecule has 1 atom stereocenters. The third-order valence-corrected chi connectivity index (χ3v) is 3.68. The predicted molar refractivity (Wildman–Crippen MR) is 68.7 cm³/mol. The first kappa shape index (κ1) is 13.9. The second-order valence-corrected chi connectivity index (χ2v) is 5.40. The summed E-state index contributed by atoms with van der Waals surface area (Å²) in [5.41, 5.74) is 0. The Hall–Kier alpha value is -0.120. The van der Waals surface area contributed by atoms with Crippen molar-refractivity contribution in [3.05, 3.63) is 0 Å². The minimum Gasteiger partial charge on any atom is -0.383 e. The molecular weight excluding hydrogens is 200 g/mol. The van der Waals surface area contributed by atoms with Gasteiger partial charge >= 0.3 is 0 Å². The van der Waals surface area contributed by atoms with Crippen LogP contribution in [0.25, 0.3) is 0 Å². The molecule has 0 spiro atoms. The number of nitrogens with zero attached hydrogens (tertiary/aromatic N) is 1. The fraction of sp³-hybridized carbons (Fsp3) is 1.00. The summed E-state index contributed by atoms with van der Waals surface area (Å²) in [6.45, 7) is 9.00. The molecule has 1 aliphatic rings. The van der Waals surface area contributed by atoms with Crippen molar-refractivity contribution < 1.29 is 4.74 Å². The van der Waals surface area contributed by atoms with E-state index in [4.69, 9.17) is 4.74 Å². The number of hydrogen-bond donors (Lipinski definition) is 1. The van der Waals surface area contributed by atoms with Crippen LogP contribution in [0.4, 0.5) is 0 Å². The SMILES string of the molecule is COCC(C(C)C)N(C)CC1CCNCC1. The van der Waals surface area contributed by atoms with Crippen LogP contribution < -0.4 is 5.32 Å². The molecule has 3 nitrogen and oxygen atoms in total. The average molecular weight is 228 g/mol.